The fourth-order valence-electron chi connectivity index (χ4n) is 2.09. The molecule has 1 atom stereocenters. The molecular formula is C12H14N2O5. The number of carbonyl (C=O) groups excluding carboxylic acids is 1. The molecule has 1 unspecified atom stereocenters. The molecule has 0 spiro atoms. The minimum Gasteiger partial charge on any atom is -0.486 e. The first-order chi connectivity index (χ1) is 9.28. The normalized spacial score (nSPS) is 21.4. The molecule has 1 aromatic rings. The van der Waals surface area contributed by atoms with Crippen LogP contribution in [0.1, 0.15) is 6.42 Å². The van der Waals surface area contributed by atoms with Crippen LogP contribution in [0.2, 0.25) is 0 Å². The summed E-state index contributed by atoms with van der Waals surface area (Å²) in [5, 5.41) is 8.87. The molecule has 0 aromatic carbocycles. The molecule has 0 bridgehead atoms. The van der Waals surface area contributed by atoms with E-state index in [9.17, 15) is 4.79 Å². The van der Waals surface area contributed by atoms with E-state index in [1.165, 1.54) is 11.1 Å². The summed E-state index contributed by atoms with van der Waals surface area (Å²) < 4.78 is 15.9. The van der Waals surface area contributed by atoms with Crippen molar-refractivity contribution in [2.45, 2.75) is 12.5 Å². The van der Waals surface area contributed by atoms with Gasteiger partial charge in [-0.05, 0) is 0 Å². The summed E-state index contributed by atoms with van der Waals surface area (Å²) in [5.41, 5.74) is 0. The number of carbonyl (C=O) groups is 1. The summed E-state index contributed by atoms with van der Waals surface area (Å²) in [5.74, 6) is 1.62. The summed E-state index contributed by atoms with van der Waals surface area (Å²) in [6.45, 7) is 1.35. The topological polar surface area (TPSA) is 81.1 Å². The average molecular weight is 266 g/mol. The summed E-state index contributed by atoms with van der Waals surface area (Å²) >= 11 is 0. The molecule has 19 heavy (non-hydrogen) atoms. The maximum absolute atomic E-state index is 11.7. The number of anilines is 1. The largest absolute Gasteiger partial charge is 0.486 e. The second kappa shape index (κ2) is 4.93. The third-order valence-corrected chi connectivity index (χ3v) is 3.02. The molecule has 3 rings (SSSR count). The fraction of sp³-hybridized carbons (Fsp3) is 0.500. The second-order valence-corrected chi connectivity index (χ2v) is 4.31. The van der Waals surface area contributed by atoms with Gasteiger partial charge in [0.2, 0.25) is 0 Å². The molecule has 0 radical (unpaired) electrons. The van der Waals surface area contributed by atoms with Crippen molar-refractivity contribution >= 4 is 11.9 Å². The fourth-order valence-corrected chi connectivity index (χ4v) is 2.09. The molecule has 7 nitrogen and oxygen atoms in total. The van der Waals surface area contributed by atoms with E-state index >= 15 is 0 Å². The van der Waals surface area contributed by atoms with Gasteiger partial charge in [-0.15, -0.1) is 0 Å². The quantitative estimate of drug-likeness (QED) is 0.861. The molecule has 102 valence electrons. The molecule has 2 aliphatic heterocycles. The van der Waals surface area contributed by atoms with E-state index in [1.807, 2.05) is 0 Å². The van der Waals surface area contributed by atoms with Crippen LogP contribution in [0, 0.1) is 0 Å². The Kier molecular flexibility index (Phi) is 3.12. The number of hydrogen-bond donors (Lipinski definition) is 1. The monoisotopic (exact) mass is 266 g/mol. The van der Waals surface area contributed by atoms with Gasteiger partial charge in [-0.25, -0.2) is 9.78 Å². The number of nitrogens with zero attached hydrogens (tertiary/aromatic N) is 2. The lowest BCUT2D eigenvalue weighted by Crippen LogP contribution is -2.26. The van der Waals surface area contributed by atoms with Crippen LogP contribution >= 0.6 is 0 Å². The minimum absolute atomic E-state index is 0.0135. The van der Waals surface area contributed by atoms with Gasteiger partial charge < -0.3 is 19.3 Å². The maximum Gasteiger partial charge on any atom is 0.415 e. The van der Waals surface area contributed by atoms with Crippen LogP contribution in [0.5, 0.6) is 11.5 Å². The Morgan fingerprint density at radius 1 is 1.37 bits per heavy atom. The first-order valence-electron chi connectivity index (χ1n) is 6.12. The standard InChI is InChI=1S/C12H14N2O5/c15-2-1-8-7-14(12(16)19-8)11-5-9-10(6-13-11)18-4-3-17-9/h5-6,8,15H,1-4,7H2. The van der Waals surface area contributed by atoms with Gasteiger partial charge >= 0.3 is 6.09 Å². The van der Waals surface area contributed by atoms with E-state index in [-0.39, 0.29) is 12.7 Å². The van der Waals surface area contributed by atoms with Crippen LogP contribution in [-0.4, -0.2) is 48.7 Å². The Labute approximate surface area is 109 Å². The van der Waals surface area contributed by atoms with E-state index in [0.717, 1.165) is 0 Å². The van der Waals surface area contributed by atoms with Crippen molar-refractivity contribution in [3.63, 3.8) is 0 Å². The summed E-state index contributed by atoms with van der Waals surface area (Å²) in [6, 6.07) is 1.66. The molecule has 1 saturated heterocycles. The lowest BCUT2D eigenvalue weighted by Gasteiger charge is -2.20. The van der Waals surface area contributed by atoms with E-state index < -0.39 is 6.09 Å². The smallest absolute Gasteiger partial charge is 0.415 e. The van der Waals surface area contributed by atoms with Crippen LogP contribution in [-0.2, 0) is 4.74 Å². The molecule has 1 fully saturated rings. The number of aromatic nitrogens is 1. The van der Waals surface area contributed by atoms with Gasteiger partial charge in [0.1, 0.15) is 25.1 Å². The molecule has 2 aliphatic rings. The predicted octanol–water partition coefficient (Wildman–Crippen LogP) is 0.560. The van der Waals surface area contributed by atoms with Gasteiger partial charge in [0.25, 0.3) is 0 Å². The Hall–Kier alpha value is -2.02. The predicted molar refractivity (Wildman–Crippen MR) is 64.5 cm³/mol. The number of aliphatic hydroxyl groups is 1. The molecule has 0 aliphatic carbocycles. The zero-order chi connectivity index (χ0) is 13.2. The van der Waals surface area contributed by atoms with Gasteiger partial charge in [0, 0.05) is 19.1 Å². The molecule has 0 saturated carbocycles. The van der Waals surface area contributed by atoms with Gasteiger partial charge in [-0.3, -0.25) is 4.90 Å². The number of rotatable bonds is 3. The number of hydrogen-bond acceptors (Lipinski definition) is 6. The summed E-state index contributed by atoms with van der Waals surface area (Å²) in [6.07, 6.45) is 1.21. The van der Waals surface area contributed by atoms with E-state index in [2.05, 4.69) is 4.98 Å². The first kappa shape index (κ1) is 12.0. The van der Waals surface area contributed by atoms with Crippen molar-refractivity contribution in [3.8, 4) is 11.5 Å². The highest BCUT2D eigenvalue weighted by atomic mass is 16.6. The van der Waals surface area contributed by atoms with Crippen molar-refractivity contribution < 1.29 is 24.1 Å². The van der Waals surface area contributed by atoms with E-state index in [0.29, 0.717) is 43.5 Å². The number of ether oxygens (including phenoxy) is 3. The van der Waals surface area contributed by atoms with Crippen molar-refractivity contribution in [2.24, 2.45) is 0 Å². The molecular weight excluding hydrogens is 252 g/mol. The van der Waals surface area contributed by atoms with Crippen LogP contribution in [0.25, 0.3) is 0 Å². The highest BCUT2D eigenvalue weighted by molar-refractivity contribution is 5.88. The Balaban J connectivity index is 1.80. The SMILES string of the molecule is O=C1OC(CCO)CN1c1cc2c(cn1)OCCO2. The molecule has 7 heteroatoms. The van der Waals surface area contributed by atoms with Crippen LogP contribution in [0.3, 0.4) is 0 Å². The number of amides is 1. The van der Waals surface area contributed by atoms with Crippen molar-refractivity contribution in [1.29, 1.82) is 0 Å². The summed E-state index contributed by atoms with van der Waals surface area (Å²) in [7, 11) is 0. The Bertz CT molecular complexity index is 493. The Morgan fingerprint density at radius 3 is 2.95 bits per heavy atom. The molecule has 1 N–H and O–H groups in total. The Morgan fingerprint density at radius 2 is 2.16 bits per heavy atom. The lowest BCUT2D eigenvalue weighted by molar-refractivity contribution is 0.122. The van der Waals surface area contributed by atoms with Crippen LogP contribution in [0.4, 0.5) is 10.6 Å². The van der Waals surface area contributed by atoms with Gasteiger partial charge in [-0.2, -0.15) is 0 Å². The van der Waals surface area contributed by atoms with Crippen molar-refractivity contribution in [2.75, 3.05) is 31.3 Å². The van der Waals surface area contributed by atoms with Gasteiger partial charge in [0.15, 0.2) is 11.5 Å². The van der Waals surface area contributed by atoms with Crippen LogP contribution < -0.4 is 14.4 Å². The average Bonchev–Trinajstić information content (AvgIpc) is 2.79. The highest BCUT2D eigenvalue weighted by Crippen LogP contribution is 2.33. The first-order valence-corrected chi connectivity index (χ1v) is 6.12. The number of cyclic esters (lactones) is 1. The molecule has 3 heterocycles. The maximum atomic E-state index is 11.7. The van der Waals surface area contributed by atoms with E-state index in [1.54, 1.807) is 6.07 Å². The molecule has 1 aromatic heterocycles. The number of aliphatic hydroxyl groups excluding tert-OH is 1. The van der Waals surface area contributed by atoms with Crippen molar-refractivity contribution in [1.82, 2.24) is 4.98 Å². The summed E-state index contributed by atoms with van der Waals surface area (Å²) in [4.78, 5) is 17.3. The van der Waals surface area contributed by atoms with Gasteiger partial charge in [-0.1, -0.05) is 0 Å². The number of pyridine rings is 1. The molecule has 1 amide bonds. The minimum atomic E-state index is -0.456. The number of fused-ring (bicyclic) bond motifs is 1. The lowest BCUT2D eigenvalue weighted by atomic mass is 10.2. The van der Waals surface area contributed by atoms with Crippen molar-refractivity contribution in [3.05, 3.63) is 12.3 Å². The third kappa shape index (κ3) is 2.28. The highest BCUT2D eigenvalue weighted by Gasteiger charge is 2.33. The van der Waals surface area contributed by atoms with Gasteiger partial charge in [0.05, 0.1) is 12.7 Å². The second-order valence-electron chi connectivity index (χ2n) is 4.31. The third-order valence-electron chi connectivity index (χ3n) is 3.02. The van der Waals surface area contributed by atoms with Crippen LogP contribution in [0.15, 0.2) is 12.3 Å². The van der Waals surface area contributed by atoms with E-state index in [4.69, 9.17) is 19.3 Å². The zero-order valence-electron chi connectivity index (χ0n) is 10.2. The zero-order valence-corrected chi connectivity index (χ0v) is 10.2.